The summed E-state index contributed by atoms with van der Waals surface area (Å²) < 4.78 is 0. The lowest BCUT2D eigenvalue weighted by Gasteiger charge is -2.18. The molecule has 1 aromatic carbocycles. The fourth-order valence-corrected chi connectivity index (χ4v) is 1.88. The van der Waals surface area contributed by atoms with Gasteiger partial charge in [0, 0.05) is 17.7 Å². The Balaban J connectivity index is 2.75. The highest BCUT2D eigenvalue weighted by atomic mass is 32.2. The van der Waals surface area contributed by atoms with E-state index in [9.17, 15) is 4.79 Å². The van der Waals surface area contributed by atoms with E-state index in [-0.39, 0.29) is 11.2 Å². The van der Waals surface area contributed by atoms with Crippen LogP contribution in [0.2, 0.25) is 0 Å². The molecule has 0 aromatic heterocycles. The Hall–Kier alpha value is -0.760. The van der Waals surface area contributed by atoms with Crippen LogP contribution in [0.1, 0.15) is 43.1 Å². The molecular weight excluding hydrogens is 216 g/mol. The summed E-state index contributed by atoms with van der Waals surface area (Å²) in [6.45, 7) is 6.53. The highest BCUT2D eigenvalue weighted by Gasteiger charge is 2.13. The molecule has 0 heterocycles. The van der Waals surface area contributed by atoms with Crippen LogP contribution in [0.4, 0.5) is 0 Å². The first kappa shape index (κ1) is 13.3. The van der Waals surface area contributed by atoms with Crippen LogP contribution in [0.15, 0.2) is 24.3 Å². The lowest BCUT2D eigenvalue weighted by molar-refractivity contribution is 0.0989. The summed E-state index contributed by atoms with van der Waals surface area (Å²) in [5.74, 6) is 1.15. The van der Waals surface area contributed by atoms with Crippen molar-refractivity contribution in [3.05, 3.63) is 35.4 Å². The molecule has 0 saturated heterocycles. The fourth-order valence-electron chi connectivity index (χ4n) is 1.50. The topological polar surface area (TPSA) is 17.1 Å². The van der Waals surface area contributed by atoms with E-state index in [4.69, 9.17) is 0 Å². The van der Waals surface area contributed by atoms with Gasteiger partial charge in [-0.2, -0.15) is 11.8 Å². The number of Topliss-reactive ketones (excluding diaryl/α,β-unsaturated/α-hetero) is 1. The van der Waals surface area contributed by atoms with Gasteiger partial charge in [0.05, 0.1) is 0 Å². The molecule has 0 N–H and O–H groups in total. The maximum atomic E-state index is 11.8. The smallest absolute Gasteiger partial charge is 0.163 e. The summed E-state index contributed by atoms with van der Waals surface area (Å²) >= 11 is 1.71. The average molecular weight is 236 g/mol. The molecule has 0 amide bonds. The molecule has 16 heavy (non-hydrogen) atoms. The van der Waals surface area contributed by atoms with Crippen molar-refractivity contribution in [3.63, 3.8) is 0 Å². The van der Waals surface area contributed by atoms with Gasteiger partial charge in [0.2, 0.25) is 0 Å². The summed E-state index contributed by atoms with van der Waals surface area (Å²) in [5.41, 5.74) is 2.26. The zero-order valence-electron chi connectivity index (χ0n) is 10.5. The predicted molar refractivity (Wildman–Crippen MR) is 72.5 cm³/mol. The minimum Gasteiger partial charge on any atom is -0.294 e. The van der Waals surface area contributed by atoms with E-state index in [1.165, 1.54) is 5.56 Å². The van der Waals surface area contributed by atoms with Gasteiger partial charge in [-0.3, -0.25) is 4.79 Å². The third-order valence-electron chi connectivity index (χ3n) is 2.61. The SMILES string of the molecule is CSCCC(=O)c1ccc(C(C)(C)C)cc1. The number of carbonyl (C=O) groups excluding carboxylic acids is 1. The maximum Gasteiger partial charge on any atom is 0.163 e. The maximum absolute atomic E-state index is 11.8. The van der Waals surface area contributed by atoms with Gasteiger partial charge in [-0.1, -0.05) is 45.0 Å². The molecule has 1 aromatic rings. The molecule has 0 aliphatic rings. The molecule has 0 spiro atoms. The first-order valence-electron chi connectivity index (χ1n) is 5.58. The second kappa shape index (κ2) is 5.53. The first-order valence-corrected chi connectivity index (χ1v) is 6.97. The van der Waals surface area contributed by atoms with Crippen LogP contribution in [0, 0.1) is 0 Å². The zero-order valence-corrected chi connectivity index (χ0v) is 11.4. The van der Waals surface area contributed by atoms with Gasteiger partial charge in [-0.25, -0.2) is 0 Å². The number of hydrogen-bond acceptors (Lipinski definition) is 2. The molecule has 0 unspecified atom stereocenters. The minimum absolute atomic E-state index is 0.154. The monoisotopic (exact) mass is 236 g/mol. The highest BCUT2D eigenvalue weighted by molar-refractivity contribution is 7.98. The average Bonchev–Trinajstić information content (AvgIpc) is 2.25. The van der Waals surface area contributed by atoms with Gasteiger partial charge in [-0.15, -0.1) is 0 Å². The predicted octanol–water partition coefficient (Wildman–Crippen LogP) is 3.92. The lowest BCUT2D eigenvalue weighted by atomic mass is 9.86. The van der Waals surface area contributed by atoms with E-state index < -0.39 is 0 Å². The lowest BCUT2D eigenvalue weighted by Crippen LogP contribution is -2.11. The molecule has 0 aliphatic heterocycles. The van der Waals surface area contributed by atoms with Gasteiger partial charge in [0.1, 0.15) is 0 Å². The molecular formula is C14H20OS. The van der Waals surface area contributed by atoms with E-state index in [0.29, 0.717) is 6.42 Å². The third-order valence-corrected chi connectivity index (χ3v) is 3.22. The minimum atomic E-state index is 0.154. The normalized spacial score (nSPS) is 11.5. The standard InChI is InChI=1S/C14H20OS/c1-14(2,3)12-7-5-11(6-8-12)13(15)9-10-16-4/h5-8H,9-10H2,1-4H3. The van der Waals surface area contributed by atoms with Crippen molar-refractivity contribution in [3.8, 4) is 0 Å². The van der Waals surface area contributed by atoms with Crippen LogP contribution in [0.3, 0.4) is 0 Å². The molecule has 0 atom stereocenters. The summed E-state index contributed by atoms with van der Waals surface area (Å²) in [7, 11) is 0. The van der Waals surface area contributed by atoms with Crippen LogP contribution in [-0.2, 0) is 5.41 Å². The molecule has 0 saturated carbocycles. The van der Waals surface area contributed by atoms with Crippen molar-refractivity contribution in [2.75, 3.05) is 12.0 Å². The Morgan fingerprint density at radius 1 is 1.19 bits per heavy atom. The molecule has 1 nitrogen and oxygen atoms in total. The number of hydrogen-bond donors (Lipinski definition) is 0. The Morgan fingerprint density at radius 2 is 1.75 bits per heavy atom. The van der Waals surface area contributed by atoms with Crippen LogP contribution in [-0.4, -0.2) is 17.8 Å². The Morgan fingerprint density at radius 3 is 2.19 bits per heavy atom. The van der Waals surface area contributed by atoms with Crippen molar-refractivity contribution < 1.29 is 4.79 Å². The molecule has 1 rings (SSSR count). The summed E-state index contributed by atoms with van der Waals surface area (Å²) in [4.78, 5) is 11.8. The number of ketones is 1. The molecule has 0 aliphatic carbocycles. The summed E-state index contributed by atoms with van der Waals surface area (Å²) in [6, 6.07) is 8.02. The summed E-state index contributed by atoms with van der Waals surface area (Å²) in [6.07, 6.45) is 2.66. The molecule has 2 heteroatoms. The second-order valence-electron chi connectivity index (χ2n) is 4.99. The van der Waals surface area contributed by atoms with Crippen LogP contribution < -0.4 is 0 Å². The van der Waals surface area contributed by atoms with Crippen molar-refractivity contribution >= 4 is 17.5 Å². The Labute approximate surface area is 103 Å². The number of thioether (sulfide) groups is 1. The van der Waals surface area contributed by atoms with Crippen molar-refractivity contribution in [1.82, 2.24) is 0 Å². The van der Waals surface area contributed by atoms with E-state index in [0.717, 1.165) is 11.3 Å². The van der Waals surface area contributed by atoms with Gasteiger partial charge in [-0.05, 0) is 17.2 Å². The van der Waals surface area contributed by atoms with Crippen LogP contribution in [0.25, 0.3) is 0 Å². The largest absolute Gasteiger partial charge is 0.294 e. The van der Waals surface area contributed by atoms with Gasteiger partial charge < -0.3 is 0 Å². The second-order valence-corrected chi connectivity index (χ2v) is 5.98. The fraction of sp³-hybridized carbons (Fsp3) is 0.500. The van der Waals surface area contributed by atoms with E-state index >= 15 is 0 Å². The quantitative estimate of drug-likeness (QED) is 0.737. The third kappa shape index (κ3) is 3.67. The summed E-state index contributed by atoms with van der Waals surface area (Å²) in [5, 5.41) is 0. The van der Waals surface area contributed by atoms with E-state index in [1.54, 1.807) is 11.8 Å². The number of carbonyl (C=O) groups is 1. The van der Waals surface area contributed by atoms with Crippen molar-refractivity contribution in [2.24, 2.45) is 0 Å². The highest BCUT2D eigenvalue weighted by Crippen LogP contribution is 2.22. The molecule has 0 radical (unpaired) electrons. The van der Waals surface area contributed by atoms with Crippen LogP contribution in [0.5, 0.6) is 0 Å². The van der Waals surface area contributed by atoms with Crippen LogP contribution >= 0.6 is 11.8 Å². The van der Waals surface area contributed by atoms with Crippen molar-refractivity contribution in [1.29, 1.82) is 0 Å². The van der Waals surface area contributed by atoms with E-state index in [1.807, 2.05) is 18.4 Å². The van der Waals surface area contributed by atoms with Gasteiger partial charge >= 0.3 is 0 Å². The van der Waals surface area contributed by atoms with Gasteiger partial charge in [0.15, 0.2) is 5.78 Å². The number of benzene rings is 1. The Kier molecular flexibility index (Phi) is 4.60. The van der Waals surface area contributed by atoms with Crippen molar-refractivity contribution in [2.45, 2.75) is 32.6 Å². The Bertz CT molecular complexity index is 346. The first-order chi connectivity index (χ1) is 7.45. The molecule has 0 fully saturated rings. The molecule has 0 bridgehead atoms. The van der Waals surface area contributed by atoms with E-state index in [2.05, 4.69) is 32.9 Å². The zero-order chi connectivity index (χ0) is 12.2. The van der Waals surface area contributed by atoms with Gasteiger partial charge in [0.25, 0.3) is 0 Å². The molecule has 88 valence electrons. The number of rotatable bonds is 4.